The van der Waals surface area contributed by atoms with Crippen molar-refractivity contribution in [1.29, 1.82) is 0 Å². The average molecular weight is 268 g/mol. The van der Waals surface area contributed by atoms with Gasteiger partial charge in [0.1, 0.15) is 0 Å². The van der Waals surface area contributed by atoms with E-state index < -0.39 is 11.4 Å². The molecule has 2 N–H and O–H groups in total. The van der Waals surface area contributed by atoms with Crippen molar-refractivity contribution in [2.75, 3.05) is 20.1 Å². The Morgan fingerprint density at radius 2 is 2.05 bits per heavy atom. The van der Waals surface area contributed by atoms with Crippen LogP contribution in [0, 0.1) is 11.3 Å². The molecule has 1 saturated carbocycles. The van der Waals surface area contributed by atoms with Crippen molar-refractivity contribution in [3.63, 3.8) is 0 Å². The van der Waals surface area contributed by atoms with E-state index in [-0.39, 0.29) is 17.9 Å². The number of carbonyl (C=O) groups excluding carboxylic acids is 1. The van der Waals surface area contributed by atoms with Gasteiger partial charge in [0.15, 0.2) is 0 Å². The van der Waals surface area contributed by atoms with Crippen molar-refractivity contribution in [3.05, 3.63) is 0 Å². The van der Waals surface area contributed by atoms with Gasteiger partial charge in [0.2, 0.25) is 5.91 Å². The Hall–Kier alpha value is -1.10. The largest absolute Gasteiger partial charge is 0.481 e. The number of hydrogen-bond donors (Lipinski definition) is 2. The molecule has 108 valence electrons. The van der Waals surface area contributed by atoms with Crippen LogP contribution in [0.5, 0.6) is 0 Å². The van der Waals surface area contributed by atoms with Gasteiger partial charge >= 0.3 is 5.97 Å². The maximum absolute atomic E-state index is 12.2. The van der Waals surface area contributed by atoms with Crippen molar-refractivity contribution in [2.24, 2.45) is 11.3 Å². The van der Waals surface area contributed by atoms with Crippen molar-refractivity contribution in [1.82, 2.24) is 10.2 Å². The molecule has 1 aliphatic heterocycles. The standard InChI is InChI=1S/C14H24N2O3/c1-14(13(18)19)7-4-3-5-11(14)15-12(17)10-6-8-16(2)9-10/h10-11H,3-9H2,1-2H3,(H,15,17)(H,18,19). The number of likely N-dealkylation sites (tertiary alicyclic amines) is 1. The number of amides is 1. The fraction of sp³-hybridized carbons (Fsp3) is 0.857. The summed E-state index contributed by atoms with van der Waals surface area (Å²) < 4.78 is 0. The highest BCUT2D eigenvalue weighted by Gasteiger charge is 2.44. The van der Waals surface area contributed by atoms with Crippen molar-refractivity contribution in [3.8, 4) is 0 Å². The van der Waals surface area contributed by atoms with Gasteiger partial charge in [-0.1, -0.05) is 12.8 Å². The van der Waals surface area contributed by atoms with E-state index in [1.807, 2.05) is 7.05 Å². The van der Waals surface area contributed by atoms with E-state index in [4.69, 9.17) is 0 Å². The van der Waals surface area contributed by atoms with Gasteiger partial charge in [-0.25, -0.2) is 0 Å². The van der Waals surface area contributed by atoms with E-state index >= 15 is 0 Å². The second-order valence-corrected chi connectivity index (χ2v) is 6.28. The average Bonchev–Trinajstić information content (AvgIpc) is 2.79. The molecular weight excluding hydrogens is 244 g/mol. The number of carboxylic acids is 1. The van der Waals surface area contributed by atoms with E-state index in [0.29, 0.717) is 6.42 Å². The number of aliphatic carboxylic acids is 1. The van der Waals surface area contributed by atoms with Gasteiger partial charge in [-0.3, -0.25) is 9.59 Å². The number of nitrogens with zero attached hydrogens (tertiary/aromatic N) is 1. The Balaban J connectivity index is 2.00. The van der Waals surface area contributed by atoms with Gasteiger partial charge in [0.05, 0.1) is 11.3 Å². The van der Waals surface area contributed by atoms with Gasteiger partial charge in [-0.2, -0.15) is 0 Å². The van der Waals surface area contributed by atoms with E-state index in [1.165, 1.54) is 0 Å². The lowest BCUT2D eigenvalue weighted by atomic mass is 9.71. The first kappa shape index (κ1) is 14.3. The highest BCUT2D eigenvalue weighted by molar-refractivity contribution is 5.82. The molecule has 3 atom stereocenters. The van der Waals surface area contributed by atoms with Gasteiger partial charge in [0, 0.05) is 12.6 Å². The molecule has 3 unspecified atom stereocenters. The van der Waals surface area contributed by atoms with Crippen LogP contribution in [0.1, 0.15) is 39.0 Å². The highest BCUT2D eigenvalue weighted by atomic mass is 16.4. The molecule has 2 fully saturated rings. The quantitative estimate of drug-likeness (QED) is 0.804. The summed E-state index contributed by atoms with van der Waals surface area (Å²) >= 11 is 0. The monoisotopic (exact) mass is 268 g/mol. The van der Waals surface area contributed by atoms with Gasteiger partial charge < -0.3 is 15.3 Å². The molecule has 5 heteroatoms. The maximum Gasteiger partial charge on any atom is 0.311 e. The number of rotatable bonds is 3. The number of carbonyl (C=O) groups is 2. The normalized spacial score (nSPS) is 36.1. The maximum atomic E-state index is 12.2. The number of nitrogens with one attached hydrogen (secondary N) is 1. The lowest BCUT2D eigenvalue weighted by molar-refractivity contribution is -0.152. The summed E-state index contributed by atoms with van der Waals surface area (Å²) in [5, 5.41) is 12.4. The van der Waals surface area contributed by atoms with Crippen LogP contribution in [0.15, 0.2) is 0 Å². The number of hydrogen-bond acceptors (Lipinski definition) is 3. The topological polar surface area (TPSA) is 69.6 Å². The molecule has 2 rings (SSSR count). The third-order valence-corrected chi connectivity index (χ3v) is 4.78. The van der Waals surface area contributed by atoms with Crippen LogP contribution in [0.2, 0.25) is 0 Å². The molecule has 19 heavy (non-hydrogen) atoms. The Morgan fingerprint density at radius 1 is 1.32 bits per heavy atom. The lowest BCUT2D eigenvalue weighted by Gasteiger charge is -2.38. The van der Waals surface area contributed by atoms with E-state index in [2.05, 4.69) is 10.2 Å². The predicted octanol–water partition coefficient (Wildman–Crippen LogP) is 1.09. The molecule has 0 spiro atoms. The van der Waals surface area contributed by atoms with Crippen LogP contribution in [0.4, 0.5) is 0 Å². The molecule has 1 amide bonds. The van der Waals surface area contributed by atoms with Crippen LogP contribution in [-0.2, 0) is 9.59 Å². The summed E-state index contributed by atoms with van der Waals surface area (Å²) in [5.41, 5.74) is -0.807. The second kappa shape index (κ2) is 5.49. The summed E-state index contributed by atoms with van der Waals surface area (Å²) in [6.45, 7) is 3.49. The van der Waals surface area contributed by atoms with E-state index in [9.17, 15) is 14.7 Å². The third kappa shape index (κ3) is 2.91. The smallest absolute Gasteiger partial charge is 0.311 e. The van der Waals surface area contributed by atoms with Crippen LogP contribution >= 0.6 is 0 Å². The first-order valence-electron chi connectivity index (χ1n) is 7.16. The van der Waals surface area contributed by atoms with Gasteiger partial charge in [-0.05, 0) is 39.8 Å². The summed E-state index contributed by atoms with van der Waals surface area (Å²) in [6, 6.07) is -0.225. The minimum atomic E-state index is -0.807. The van der Waals surface area contributed by atoms with Crippen LogP contribution in [-0.4, -0.2) is 48.1 Å². The zero-order valence-electron chi connectivity index (χ0n) is 11.8. The summed E-state index contributed by atoms with van der Waals surface area (Å²) in [6.07, 6.45) is 4.23. The molecule has 0 aromatic carbocycles. The molecular formula is C14H24N2O3. The molecule has 1 saturated heterocycles. The minimum Gasteiger partial charge on any atom is -0.481 e. The molecule has 1 aliphatic carbocycles. The van der Waals surface area contributed by atoms with E-state index in [1.54, 1.807) is 6.92 Å². The van der Waals surface area contributed by atoms with Crippen LogP contribution in [0.25, 0.3) is 0 Å². The fourth-order valence-electron chi connectivity index (χ4n) is 3.26. The van der Waals surface area contributed by atoms with Gasteiger partial charge in [0.25, 0.3) is 0 Å². The minimum absolute atomic E-state index is 0.0185. The molecule has 5 nitrogen and oxygen atoms in total. The molecule has 0 aromatic rings. The fourth-order valence-corrected chi connectivity index (χ4v) is 3.26. The Labute approximate surface area is 114 Å². The van der Waals surface area contributed by atoms with E-state index in [0.717, 1.165) is 38.8 Å². The van der Waals surface area contributed by atoms with Crippen molar-refractivity contribution in [2.45, 2.75) is 45.1 Å². The second-order valence-electron chi connectivity index (χ2n) is 6.28. The molecule has 0 bridgehead atoms. The highest BCUT2D eigenvalue weighted by Crippen LogP contribution is 2.36. The Morgan fingerprint density at radius 3 is 2.63 bits per heavy atom. The molecule has 2 aliphatic rings. The first-order chi connectivity index (χ1) is 8.93. The SMILES string of the molecule is CN1CCC(C(=O)NC2CCCCC2(C)C(=O)O)C1. The Bertz CT molecular complexity index is 372. The van der Waals surface area contributed by atoms with Crippen LogP contribution < -0.4 is 5.32 Å². The summed E-state index contributed by atoms with van der Waals surface area (Å²) in [7, 11) is 2.01. The third-order valence-electron chi connectivity index (χ3n) is 4.78. The van der Waals surface area contributed by atoms with Crippen molar-refractivity contribution >= 4 is 11.9 Å². The van der Waals surface area contributed by atoms with Gasteiger partial charge in [-0.15, -0.1) is 0 Å². The van der Waals surface area contributed by atoms with Crippen LogP contribution in [0.3, 0.4) is 0 Å². The summed E-state index contributed by atoms with van der Waals surface area (Å²) in [4.78, 5) is 25.9. The summed E-state index contributed by atoms with van der Waals surface area (Å²) in [5.74, 6) is -0.741. The molecule has 1 heterocycles. The molecule has 0 aromatic heterocycles. The lowest BCUT2D eigenvalue weighted by Crippen LogP contribution is -2.53. The number of carboxylic acid groups (broad SMARTS) is 1. The molecule has 0 radical (unpaired) electrons. The predicted molar refractivity (Wildman–Crippen MR) is 71.7 cm³/mol. The zero-order chi connectivity index (χ0) is 14.0. The zero-order valence-corrected chi connectivity index (χ0v) is 11.8. The Kier molecular flexibility index (Phi) is 4.13. The van der Waals surface area contributed by atoms with Crippen molar-refractivity contribution < 1.29 is 14.7 Å². The first-order valence-corrected chi connectivity index (χ1v) is 7.16.